The van der Waals surface area contributed by atoms with Gasteiger partial charge in [0.2, 0.25) is 5.91 Å². The Morgan fingerprint density at radius 3 is 2.62 bits per heavy atom. The van der Waals surface area contributed by atoms with Gasteiger partial charge in [-0.3, -0.25) is 9.36 Å². The molecule has 5 heteroatoms. The Morgan fingerprint density at radius 2 is 1.88 bits per heavy atom. The van der Waals surface area contributed by atoms with Crippen molar-refractivity contribution >= 4 is 23.4 Å². The second-order valence-electron chi connectivity index (χ2n) is 5.57. The molecule has 24 heavy (non-hydrogen) atoms. The van der Waals surface area contributed by atoms with Crippen molar-refractivity contribution < 1.29 is 4.79 Å². The maximum Gasteiger partial charge on any atom is 0.234 e. The smallest absolute Gasteiger partial charge is 0.234 e. The van der Waals surface area contributed by atoms with Crippen LogP contribution in [0, 0.1) is 13.8 Å². The third-order valence-corrected chi connectivity index (χ3v) is 4.64. The maximum absolute atomic E-state index is 12.2. The van der Waals surface area contributed by atoms with Crippen LogP contribution < -0.4 is 5.32 Å². The van der Waals surface area contributed by atoms with Crippen molar-refractivity contribution in [3.63, 3.8) is 0 Å². The first kappa shape index (κ1) is 16.3. The molecule has 1 aromatic heterocycles. The molecule has 0 aliphatic heterocycles. The van der Waals surface area contributed by atoms with E-state index in [-0.39, 0.29) is 5.91 Å². The second kappa shape index (κ2) is 7.36. The molecular formula is C19H19N3OS. The summed E-state index contributed by atoms with van der Waals surface area (Å²) in [5, 5.41) is 3.75. The van der Waals surface area contributed by atoms with Gasteiger partial charge >= 0.3 is 0 Å². The number of carbonyl (C=O) groups excluding carboxylic acids is 1. The Balaban J connectivity index is 1.65. The molecule has 1 amide bonds. The molecule has 0 unspecified atom stereocenters. The Bertz CT molecular complexity index is 840. The number of rotatable bonds is 5. The van der Waals surface area contributed by atoms with E-state index in [0.29, 0.717) is 5.75 Å². The third-order valence-electron chi connectivity index (χ3n) is 3.67. The van der Waals surface area contributed by atoms with Gasteiger partial charge in [0.25, 0.3) is 0 Å². The van der Waals surface area contributed by atoms with E-state index in [0.717, 1.165) is 22.1 Å². The lowest BCUT2D eigenvalue weighted by molar-refractivity contribution is -0.113. The predicted molar refractivity (Wildman–Crippen MR) is 98.8 cm³/mol. The minimum atomic E-state index is -0.0345. The summed E-state index contributed by atoms with van der Waals surface area (Å²) in [6.07, 6.45) is 3.66. The molecule has 3 rings (SSSR count). The van der Waals surface area contributed by atoms with E-state index in [2.05, 4.69) is 41.5 Å². The number of para-hydroxylation sites is 1. The maximum atomic E-state index is 12.2. The van der Waals surface area contributed by atoms with Crippen LogP contribution in [0.15, 0.2) is 66.1 Å². The van der Waals surface area contributed by atoms with Gasteiger partial charge in [0.05, 0.1) is 5.75 Å². The first-order valence-electron chi connectivity index (χ1n) is 7.72. The van der Waals surface area contributed by atoms with E-state index in [1.165, 1.54) is 17.3 Å². The van der Waals surface area contributed by atoms with Gasteiger partial charge < -0.3 is 5.32 Å². The van der Waals surface area contributed by atoms with Crippen LogP contribution in [0.5, 0.6) is 0 Å². The van der Waals surface area contributed by atoms with Crippen LogP contribution in [0.4, 0.5) is 5.69 Å². The van der Waals surface area contributed by atoms with Crippen LogP contribution in [0.25, 0.3) is 5.69 Å². The van der Waals surface area contributed by atoms with E-state index >= 15 is 0 Å². The van der Waals surface area contributed by atoms with Crippen LogP contribution in [-0.2, 0) is 4.79 Å². The molecule has 0 spiro atoms. The zero-order valence-electron chi connectivity index (χ0n) is 13.7. The van der Waals surface area contributed by atoms with Gasteiger partial charge in [-0.2, -0.15) is 0 Å². The zero-order valence-corrected chi connectivity index (χ0v) is 14.5. The minimum absolute atomic E-state index is 0.0345. The Hall–Kier alpha value is -2.53. The third kappa shape index (κ3) is 3.86. The van der Waals surface area contributed by atoms with Crippen LogP contribution >= 0.6 is 11.8 Å². The molecule has 0 bridgehead atoms. The number of hydrogen-bond donors (Lipinski definition) is 1. The van der Waals surface area contributed by atoms with Crippen molar-refractivity contribution in [2.24, 2.45) is 0 Å². The van der Waals surface area contributed by atoms with E-state index in [4.69, 9.17) is 0 Å². The van der Waals surface area contributed by atoms with Crippen LogP contribution in [0.2, 0.25) is 0 Å². The largest absolute Gasteiger partial charge is 0.325 e. The van der Waals surface area contributed by atoms with Gasteiger partial charge in [-0.1, -0.05) is 47.7 Å². The number of thioether (sulfide) groups is 1. The normalized spacial score (nSPS) is 10.6. The summed E-state index contributed by atoms with van der Waals surface area (Å²) in [5.74, 6) is 0.282. The highest BCUT2D eigenvalue weighted by Crippen LogP contribution is 2.21. The summed E-state index contributed by atoms with van der Waals surface area (Å²) in [7, 11) is 0. The first-order valence-corrected chi connectivity index (χ1v) is 8.71. The SMILES string of the molecule is Cc1ccc(-n2ccnc2SCC(=O)Nc2ccccc2C)cc1. The van der Waals surface area contributed by atoms with Crippen molar-refractivity contribution in [2.45, 2.75) is 19.0 Å². The summed E-state index contributed by atoms with van der Waals surface area (Å²) in [6, 6.07) is 16.0. The standard InChI is InChI=1S/C19H19N3OS/c1-14-7-9-16(10-8-14)22-12-11-20-19(22)24-13-18(23)21-17-6-4-3-5-15(17)2/h3-12H,13H2,1-2H3,(H,21,23). The van der Waals surface area contributed by atoms with Gasteiger partial charge in [0.1, 0.15) is 0 Å². The van der Waals surface area contributed by atoms with E-state index in [1.807, 2.05) is 42.0 Å². The second-order valence-corrected chi connectivity index (χ2v) is 6.51. The average Bonchev–Trinajstić information content (AvgIpc) is 3.04. The van der Waals surface area contributed by atoms with E-state index in [1.54, 1.807) is 6.20 Å². The van der Waals surface area contributed by atoms with Gasteiger partial charge in [-0.05, 0) is 37.6 Å². The summed E-state index contributed by atoms with van der Waals surface area (Å²) in [6.45, 7) is 4.04. The number of aryl methyl sites for hydroxylation is 2. The molecule has 0 saturated heterocycles. The molecule has 122 valence electrons. The van der Waals surface area contributed by atoms with Gasteiger partial charge in [0, 0.05) is 23.8 Å². The van der Waals surface area contributed by atoms with Crippen molar-refractivity contribution in [1.29, 1.82) is 0 Å². The quantitative estimate of drug-likeness (QED) is 0.709. The summed E-state index contributed by atoms with van der Waals surface area (Å²) < 4.78 is 1.99. The zero-order chi connectivity index (χ0) is 16.9. The van der Waals surface area contributed by atoms with E-state index < -0.39 is 0 Å². The molecule has 0 aliphatic carbocycles. The summed E-state index contributed by atoms with van der Waals surface area (Å²) in [4.78, 5) is 16.5. The lowest BCUT2D eigenvalue weighted by Gasteiger charge is -2.09. The van der Waals surface area contributed by atoms with Crippen molar-refractivity contribution in [3.05, 3.63) is 72.1 Å². The van der Waals surface area contributed by atoms with Crippen molar-refractivity contribution in [3.8, 4) is 5.69 Å². The Labute approximate surface area is 145 Å². The highest BCUT2D eigenvalue weighted by Gasteiger charge is 2.10. The fourth-order valence-corrected chi connectivity index (χ4v) is 3.10. The Kier molecular flexibility index (Phi) is 5.01. The lowest BCUT2D eigenvalue weighted by atomic mass is 10.2. The molecule has 0 saturated carbocycles. The highest BCUT2D eigenvalue weighted by atomic mass is 32.2. The number of nitrogens with zero attached hydrogens (tertiary/aromatic N) is 2. The van der Waals surface area contributed by atoms with Gasteiger partial charge in [-0.15, -0.1) is 0 Å². The number of aromatic nitrogens is 2. The molecule has 1 heterocycles. The van der Waals surface area contributed by atoms with Crippen LogP contribution in [-0.4, -0.2) is 21.2 Å². The van der Waals surface area contributed by atoms with Gasteiger partial charge in [0.15, 0.2) is 5.16 Å². The molecule has 0 fully saturated rings. The molecule has 2 aromatic carbocycles. The molecule has 0 atom stereocenters. The molecule has 4 nitrogen and oxygen atoms in total. The Morgan fingerprint density at radius 1 is 1.12 bits per heavy atom. The predicted octanol–water partition coefficient (Wildman–Crippen LogP) is 4.22. The van der Waals surface area contributed by atoms with Crippen LogP contribution in [0.3, 0.4) is 0 Å². The average molecular weight is 337 g/mol. The minimum Gasteiger partial charge on any atom is -0.325 e. The number of imidazole rings is 1. The summed E-state index contributed by atoms with van der Waals surface area (Å²) >= 11 is 1.43. The molecule has 3 aromatic rings. The van der Waals surface area contributed by atoms with Crippen molar-refractivity contribution in [1.82, 2.24) is 9.55 Å². The van der Waals surface area contributed by atoms with E-state index in [9.17, 15) is 4.79 Å². The number of benzene rings is 2. The first-order chi connectivity index (χ1) is 11.6. The van der Waals surface area contributed by atoms with Crippen molar-refractivity contribution in [2.75, 3.05) is 11.1 Å². The summed E-state index contributed by atoms with van der Waals surface area (Å²) in [5.41, 5.74) is 4.16. The van der Waals surface area contributed by atoms with Gasteiger partial charge in [-0.25, -0.2) is 4.98 Å². The molecule has 0 radical (unpaired) electrons. The number of anilines is 1. The number of hydrogen-bond acceptors (Lipinski definition) is 3. The van der Waals surface area contributed by atoms with Crippen LogP contribution in [0.1, 0.15) is 11.1 Å². The number of carbonyl (C=O) groups is 1. The molecular weight excluding hydrogens is 318 g/mol. The lowest BCUT2D eigenvalue weighted by Crippen LogP contribution is -2.15. The topological polar surface area (TPSA) is 46.9 Å². The molecule has 1 N–H and O–H groups in total. The number of amides is 1. The monoisotopic (exact) mass is 337 g/mol. The molecule has 0 aliphatic rings. The number of nitrogens with one attached hydrogen (secondary N) is 1. The fourth-order valence-electron chi connectivity index (χ4n) is 2.33. The fraction of sp³-hybridized carbons (Fsp3) is 0.158. The highest BCUT2D eigenvalue weighted by molar-refractivity contribution is 7.99.